The van der Waals surface area contributed by atoms with Crippen molar-refractivity contribution < 1.29 is 4.42 Å². The first-order valence-electron chi connectivity index (χ1n) is 4.47. The van der Waals surface area contributed by atoms with Gasteiger partial charge in [-0.2, -0.15) is 0 Å². The summed E-state index contributed by atoms with van der Waals surface area (Å²) in [7, 11) is 0. The van der Waals surface area contributed by atoms with Gasteiger partial charge in [0.15, 0.2) is 0 Å². The van der Waals surface area contributed by atoms with Gasteiger partial charge in [0.1, 0.15) is 5.76 Å². The molecule has 1 heterocycles. The number of hydrogen-bond acceptors (Lipinski definition) is 2. The minimum Gasteiger partial charge on any atom is -0.467 e. The Hall–Kier alpha value is -1.12. The van der Waals surface area contributed by atoms with Crippen LogP contribution >= 0.6 is 23.2 Å². The molecule has 0 aliphatic carbocycles. The second kappa shape index (κ2) is 4.60. The average molecular weight is 242 g/mol. The van der Waals surface area contributed by atoms with E-state index in [2.05, 4.69) is 5.32 Å². The molecular weight excluding hydrogens is 233 g/mol. The molecule has 1 N–H and O–H groups in total. The standard InChI is InChI=1S/C11H9Cl2NO/c12-8-3-4-11(10(13)6-8)14-7-9-2-1-5-15-9/h1-6,14H,7H2. The number of anilines is 1. The summed E-state index contributed by atoms with van der Waals surface area (Å²) in [6.45, 7) is 0.606. The number of nitrogens with one attached hydrogen (secondary N) is 1. The van der Waals surface area contributed by atoms with Crippen LogP contribution in [0.25, 0.3) is 0 Å². The molecule has 0 saturated heterocycles. The molecule has 1 aromatic carbocycles. The highest BCUT2D eigenvalue weighted by Gasteiger charge is 2.01. The van der Waals surface area contributed by atoms with Gasteiger partial charge in [0.25, 0.3) is 0 Å². The lowest BCUT2D eigenvalue weighted by Crippen LogP contribution is -1.98. The zero-order valence-electron chi connectivity index (χ0n) is 7.84. The van der Waals surface area contributed by atoms with E-state index in [1.807, 2.05) is 18.2 Å². The van der Waals surface area contributed by atoms with Crippen LogP contribution in [0.1, 0.15) is 5.76 Å². The Morgan fingerprint density at radius 1 is 1.20 bits per heavy atom. The topological polar surface area (TPSA) is 25.2 Å². The van der Waals surface area contributed by atoms with Crippen molar-refractivity contribution in [3.63, 3.8) is 0 Å². The summed E-state index contributed by atoms with van der Waals surface area (Å²) in [5, 5.41) is 4.39. The van der Waals surface area contributed by atoms with Crippen molar-refractivity contribution >= 4 is 28.9 Å². The van der Waals surface area contributed by atoms with Gasteiger partial charge in [0.2, 0.25) is 0 Å². The van der Waals surface area contributed by atoms with Crippen LogP contribution in [-0.2, 0) is 6.54 Å². The highest BCUT2D eigenvalue weighted by Crippen LogP contribution is 2.25. The van der Waals surface area contributed by atoms with E-state index in [-0.39, 0.29) is 0 Å². The minimum absolute atomic E-state index is 0.606. The molecule has 0 atom stereocenters. The highest BCUT2D eigenvalue weighted by atomic mass is 35.5. The van der Waals surface area contributed by atoms with Crippen molar-refractivity contribution in [1.82, 2.24) is 0 Å². The lowest BCUT2D eigenvalue weighted by atomic mass is 10.3. The van der Waals surface area contributed by atoms with Gasteiger partial charge in [-0.15, -0.1) is 0 Å². The predicted molar refractivity (Wildman–Crippen MR) is 62.5 cm³/mol. The molecule has 78 valence electrons. The Morgan fingerprint density at radius 2 is 2.07 bits per heavy atom. The Bertz CT molecular complexity index is 440. The smallest absolute Gasteiger partial charge is 0.122 e. The summed E-state index contributed by atoms with van der Waals surface area (Å²) in [6.07, 6.45) is 1.64. The first-order valence-corrected chi connectivity index (χ1v) is 5.22. The summed E-state index contributed by atoms with van der Waals surface area (Å²) in [5.74, 6) is 0.862. The first-order chi connectivity index (χ1) is 7.25. The molecule has 0 aliphatic rings. The molecular formula is C11H9Cl2NO. The van der Waals surface area contributed by atoms with E-state index in [9.17, 15) is 0 Å². The van der Waals surface area contributed by atoms with E-state index in [0.29, 0.717) is 16.6 Å². The molecule has 2 aromatic rings. The number of hydrogen-bond donors (Lipinski definition) is 1. The van der Waals surface area contributed by atoms with Crippen LogP contribution in [0.5, 0.6) is 0 Å². The van der Waals surface area contributed by atoms with Crippen LogP contribution in [-0.4, -0.2) is 0 Å². The second-order valence-electron chi connectivity index (χ2n) is 3.06. The zero-order valence-corrected chi connectivity index (χ0v) is 9.35. The van der Waals surface area contributed by atoms with Crippen molar-refractivity contribution in [2.24, 2.45) is 0 Å². The molecule has 0 fully saturated rings. The van der Waals surface area contributed by atoms with Crippen LogP contribution < -0.4 is 5.32 Å². The van der Waals surface area contributed by atoms with Gasteiger partial charge in [-0.1, -0.05) is 23.2 Å². The van der Waals surface area contributed by atoms with Crippen molar-refractivity contribution in [1.29, 1.82) is 0 Å². The fraction of sp³-hybridized carbons (Fsp3) is 0.0909. The summed E-state index contributed by atoms with van der Waals surface area (Å²) in [4.78, 5) is 0. The van der Waals surface area contributed by atoms with E-state index in [4.69, 9.17) is 27.6 Å². The molecule has 0 unspecified atom stereocenters. The third-order valence-electron chi connectivity index (χ3n) is 1.96. The maximum Gasteiger partial charge on any atom is 0.122 e. The summed E-state index contributed by atoms with van der Waals surface area (Å²) in [5.41, 5.74) is 0.845. The van der Waals surface area contributed by atoms with Crippen LogP contribution in [0.2, 0.25) is 10.0 Å². The molecule has 4 heteroatoms. The van der Waals surface area contributed by atoms with E-state index >= 15 is 0 Å². The third-order valence-corrected chi connectivity index (χ3v) is 2.51. The van der Waals surface area contributed by atoms with Crippen LogP contribution in [0.15, 0.2) is 41.0 Å². The number of halogens is 2. The molecule has 0 aliphatic heterocycles. The van der Waals surface area contributed by atoms with Crippen molar-refractivity contribution in [3.05, 3.63) is 52.4 Å². The van der Waals surface area contributed by atoms with Crippen LogP contribution in [0.3, 0.4) is 0 Å². The maximum absolute atomic E-state index is 5.99. The number of furan rings is 1. The van der Waals surface area contributed by atoms with Crippen molar-refractivity contribution in [2.45, 2.75) is 6.54 Å². The van der Waals surface area contributed by atoms with E-state index in [0.717, 1.165) is 11.4 Å². The van der Waals surface area contributed by atoms with Gasteiger partial charge in [0.05, 0.1) is 23.5 Å². The minimum atomic E-state index is 0.606. The molecule has 0 radical (unpaired) electrons. The second-order valence-corrected chi connectivity index (χ2v) is 3.90. The van der Waals surface area contributed by atoms with Crippen LogP contribution in [0, 0.1) is 0 Å². The molecule has 2 rings (SSSR count). The van der Waals surface area contributed by atoms with E-state index in [1.165, 1.54) is 0 Å². The van der Waals surface area contributed by atoms with Gasteiger partial charge in [-0.05, 0) is 30.3 Å². The first kappa shape index (κ1) is 10.4. The van der Waals surface area contributed by atoms with Gasteiger partial charge in [-0.25, -0.2) is 0 Å². The number of rotatable bonds is 3. The Morgan fingerprint density at radius 3 is 2.73 bits per heavy atom. The highest BCUT2D eigenvalue weighted by molar-refractivity contribution is 6.36. The average Bonchev–Trinajstić information content (AvgIpc) is 2.69. The fourth-order valence-corrected chi connectivity index (χ4v) is 1.70. The molecule has 0 saturated carbocycles. The molecule has 0 spiro atoms. The van der Waals surface area contributed by atoms with Crippen LogP contribution in [0.4, 0.5) is 5.69 Å². The maximum atomic E-state index is 5.99. The third kappa shape index (κ3) is 2.67. The molecule has 2 nitrogen and oxygen atoms in total. The fourth-order valence-electron chi connectivity index (χ4n) is 1.23. The largest absolute Gasteiger partial charge is 0.467 e. The zero-order chi connectivity index (χ0) is 10.7. The van der Waals surface area contributed by atoms with E-state index < -0.39 is 0 Å². The Labute approximate surface area is 97.8 Å². The normalized spacial score (nSPS) is 10.3. The van der Waals surface area contributed by atoms with Gasteiger partial charge < -0.3 is 9.73 Å². The predicted octanol–water partition coefficient (Wildman–Crippen LogP) is 4.20. The lowest BCUT2D eigenvalue weighted by molar-refractivity contribution is 0.518. The van der Waals surface area contributed by atoms with Crippen molar-refractivity contribution in [2.75, 3.05) is 5.32 Å². The quantitative estimate of drug-likeness (QED) is 0.872. The molecule has 0 amide bonds. The SMILES string of the molecule is Clc1ccc(NCc2ccco2)c(Cl)c1. The van der Waals surface area contributed by atoms with Gasteiger partial charge in [-0.3, -0.25) is 0 Å². The Balaban J connectivity index is 2.05. The molecule has 0 bridgehead atoms. The molecule has 1 aromatic heterocycles. The summed E-state index contributed by atoms with van der Waals surface area (Å²) >= 11 is 11.8. The number of benzene rings is 1. The van der Waals surface area contributed by atoms with Crippen molar-refractivity contribution in [3.8, 4) is 0 Å². The Kier molecular flexibility index (Phi) is 3.19. The lowest BCUT2D eigenvalue weighted by Gasteiger charge is -2.06. The van der Waals surface area contributed by atoms with Gasteiger partial charge >= 0.3 is 0 Å². The van der Waals surface area contributed by atoms with Gasteiger partial charge in [0, 0.05) is 5.02 Å². The summed E-state index contributed by atoms with van der Waals surface area (Å²) < 4.78 is 5.19. The van der Waals surface area contributed by atoms with E-state index in [1.54, 1.807) is 18.4 Å². The molecule has 15 heavy (non-hydrogen) atoms. The monoisotopic (exact) mass is 241 g/mol. The summed E-state index contributed by atoms with van der Waals surface area (Å²) in [6, 6.07) is 9.08.